The number of methoxy groups -OCH3 is 1. The SMILES string of the molecule is COC(=O)c1cc(S(=O)(=O)N[C@@H](CC(C)C)C(=O)O)c[nH]1. The largest absolute Gasteiger partial charge is 0.480 e. The van der Waals surface area contributed by atoms with Crippen molar-refractivity contribution < 1.29 is 27.9 Å². The quantitative estimate of drug-likeness (QED) is 0.631. The Morgan fingerprint density at radius 1 is 1.43 bits per heavy atom. The molecule has 1 aromatic rings. The molecule has 3 N–H and O–H groups in total. The van der Waals surface area contributed by atoms with Gasteiger partial charge in [-0.25, -0.2) is 13.2 Å². The van der Waals surface area contributed by atoms with Crippen LogP contribution in [-0.4, -0.2) is 43.6 Å². The van der Waals surface area contributed by atoms with Crippen LogP contribution < -0.4 is 4.72 Å². The second kappa shape index (κ2) is 6.72. The molecular weight excluding hydrogens is 300 g/mol. The molecule has 0 bridgehead atoms. The van der Waals surface area contributed by atoms with Crippen LogP contribution in [0.2, 0.25) is 0 Å². The minimum Gasteiger partial charge on any atom is -0.480 e. The standard InChI is InChI=1S/C12H18N2O6S/c1-7(2)4-9(11(15)16)14-21(18,19)8-5-10(13-6-8)12(17)20-3/h5-7,9,13-14H,4H2,1-3H3,(H,15,16)/t9-/m0/s1. The van der Waals surface area contributed by atoms with Crippen LogP contribution in [0.15, 0.2) is 17.2 Å². The first-order chi connectivity index (χ1) is 9.67. The van der Waals surface area contributed by atoms with Crippen molar-refractivity contribution in [2.75, 3.05) is 7.11 Å². The van der Waals surface area contributed by atoms with Gasteiger partial charge < -0.3 is 14.8 Å². The first kappa shape index (κ1) is 17.2. The van der Waals surface area contributed by atoms with Gasteiger partial charge in [0.15, 0.2) is 0 Å². The lowest BCUT2D eigenvalue weighted by molar-refractivity contribution is -0.139. The van der Waals surface area contributed by atoms with E-state index < -0.39 is 28.0 Å². The summed E-state index contributed by atoms with van der Waals surface area (Å²) < 4.78 is 30.8. The number of aromatic nitrogens is 1. The molecule has 21 heavy (non-hydrogen) atoms. The molecule has 0 saturated heterocycles. The molecule has 1 heterocycles. The van der Waals surface area contributed by atoms with Gasteiger partial charge in [0.25, 0.3) is 0 Å². The molecule has 0 radical (unpaired) electrons. The summed E-state index contributed by atoms with van der Waals surface area (Å²) in [7, 11) is -2.88. The predicted octanol–water partition coefficient (Wildman–Crippen LogP) is 0.579. The Balaban J connectivity index is 2.97. The number of ether oxygens (including phenoxy) is 1. The van der Waals surface area contributed by atoms with Crippen molar-refractivity contribution in [3.05, 3.63) is 18.0 Å². The number of carbonyl (C=O) groups is 2. The highest BCUT2D eigenvalue weighted by Gasteiger charge is 2.27. The highest BCUT2D eigenvalue weighted by molar-refractivity contribution is 7.89. The third kappa shape index (κ3) is 4.57. The van der Waals surface area contributed by atoms with Gasteiger partial charge >= 0.3 is 11.9 Å². The van der Waals surface area contributed by atoms with Gasteiger partial charge in [0.2, 0.25) is 10.0 Å². The molecule has 0 unspecified atom stereocenters. The zero-order valence-electron chi connectivity index (χ0n) is 11.9. The Labute approximate surface area is 122 Å². The van der Waals surface area contributed by atoms with Crippen LogP contribution >= 0.6 is 0 Å². The third-order valence-electron chi connectivity index (χ3n) is 2.67. The third-order valence-corrected chi connectivity index (χ3v) is 4.13. The number of aliphatic carboxylic acids is 1. The molecule has 8 nitrogen and oxygen atoms in total. The van der Waals surface area contributed by atoms with E-state index in [0.717, 1.165) is 12.3 Å². The summed E-state index contributed by atoms with van der Waals surface area (Å²) in [5.74, 6) is -1.96. The first-order valence-electron chi connectivity index (χ1n) is 6.19. The topological polar surface area (TPSA) is 126 Å². The number of carboxylic acids is 1. The smallest absolute Gasteiger partial charge is 0.354 e. The van der Waals surface area contributed by atoms with Crippen molar-refractivity contribution in [1.29, 1.82) is 0 Å². The van der Waals surface area contributed by atoms with Crippen LogP contribution in [0.5, 0.6) is 0 Å². The van der Waals surface area contributed by atoms with E-state index in [2.05, 4.69) is 14.4 Å². The Kier molecular flexibility index (Phi) is 5.50. The van der Waals surface area contributed by atoms with Crippen molar-refractivity contribution >= 4 is 22.0 Å². The number of H-pyrrole nitrogens is 1. The van der Waals surface area contributed by atoms with Gasteiger partial charge in [-0.05, 0) is 18.4 Å². The Bertz CT molecular complexity index is 619. The average molecular weight is 318 g/mol. The van der Waals surface area contributed by atoms with Crippen LogP contribution in [0.1, 0.15) is 30.8 Å². The zero-order chi connectivity index (χ0) is 16.2. The van der Waals surface area contributed by atoms with Gasteiger partial charge in [-0.15, -0.1) is 0 Å². The summed E-state index contributed by atoms with van der Waals surface area (Å²) in [4.78, 5) is 24.6. The Morgan fingerprint density at radius 3 is 2.52 bits per heavy atom. The second-order valence-corrected chi connectivity index (χ2v) is 6.60. The van der Waals surface area contributed by atoms with Gasteiger partial charge in [0, 0.05) is 6.20 Å². The molecular formula is C12H18N2O6S. The molecule has 0 aliphatic heterocycles. The highest BCUT2D eigenvalue weighted by Crippen LogP contribution is 2.14. The zero-order valence-corrected chi connectivity index (χ0v) is 12.7. The number of nitrogens with one attached hydrogen (secondary N) is 2. The highest BCUT2D eigenvalue weighted by atomic mass is 32.2. The summed E-state index contributed by atoms with van der Waals surface area (Å²) in [5, 5.41) is 9.05. The lowest BCUT2D eigenvalue weighted by atomic mass is 10.1. The minimum atomic E-state index is -4.04. The lowest BCUT2D eigenvalue weighted by Crippen LogP contribution is -2.41. The van der Waals surface area contributed by atoms with E-state index in [1.165, 1.54) is 7.11 Å². The number of aromatic amines is 1. The van der Waals surface area contributed by atoms with Gasteiger partial charge in [-0.2, -0.15) is 4.72 Å². The molecule has 0 amide bonds. The normalized spacial score (nSPS) is 13.1. The van der Waals surface area contributed by atoms with Crippen molar-refractivity contribution in [3.8, 4) is 0 Å². The summed E-state index contributed by atoms with van der Waals surface area (Å²) in [6, 6.07) is -0.144. The molecule has 1 atom stereocenters. The van der Waals surface area contributed by atoms with E-state index in [0.29, 0.717) is 0 Å². The van der Waals surface area contributed by atoms with E-state index in [-0.39, 0.29) is 22.9 Å². The van der Waals surface area contributed by atoms with E-state index in [1.54, 1.807) is 13.8 Å². The molecule has 0 aromatic carbocycles. The number of hydrogen-bond acceptors (Lipinski definition) is 5. The number of carbonyl (C=O) groups excluding carboxylic acids is 1. The van der Waals surface area contributed by atoms with Crippen molar-refractivity contribution in [3.63, 3.8) is 0 Å². The van der Waals surface area contributed by atoms with Crippen molar-refractivity contribution in [2.45, 2.75) is 31.2 Å². The van der Waals surface area contributed by atoms with Gasteiger partial charge in [-0.1, -0.05) is 13.8 Å². The number of rotatable bonds is 7. The number of hydrogen-bond donors (Lipinski definition) is 3. The van der Waals surface area contributed by atoms with Gasteiger partial charge in [-0.3, -0.25) is 4.79 Å². The fraction of sp³-hybridized carbons (Fsp3) is 0.500. The molecule has 0 aliphatic rings. The molecule has 0 aliphatic carbocycles. The maximum Gasteiger partial charge on any atom is 0.354 e. The molecule has 0 spiro atoms. The van der Waals surface area contributed by atoms with E-state index >= 15 is 0 Å². The summed E-state index contributed by atoms with van der Waals surface area (Å²) in [5.41, 5.74) is -0.0337. The number of esters is 1. The van der Waals surface area contributed by atoms with E-state index in [1.807, 2.05) is 0 Å². The molecule has 0 saturated carbocycles. The fourth-order valence-corrected chi connectivity index (χ4v) is 2.88. The monoisotopic (exact) mass is 318 g/mol. The predicted molar refractivity (Wildman–Crippen MR) is 73.3 cm³/mol. The van der Waals surface area contributed by atoms with Crippen molar-refractivity contribution in [1.82, 2.24) is 9.71 Å². The van der Waals surface area contributed by atoms with Gasteiger partial charge in [0.1, 0.15) is 16.6 Å². The first-order valence-corrected chi connectivity index (χ1v) is 7.67. The van der Waals surface area contributed by atoms with E-state index in [4.69, 9.17) is 5.11 Å². The Morgan fingerprint density at radius 2 is 2.05 bits per heavy atom. The minimum absolute atomic E-state index is 0.00524. The van der Waals surface area contributed by atoms with Crippen LogP contribution in [0.25, 0.3) is 0 Å². The summed E-state index contributed by atoms with van der Waals surface area (Å²) in [6.45, 7) is 3.58. The number of carboxylic acid groups (broad SMARTS) is 1. The average Bonchev–Trinajstić information content (AvgIpc) is 2.86. The second-order valence-electron chi connectivity index (χ2n) is 4.88. The molecule has 118 valence electrons. The molecule has 1 rings (SSSR count). The molecule has 1 aromatic heterocycles. The van der Waals surface area contributed by atoms with Crippen molar-refractivity contribution in [2.24, 2.45) is 5.92 Å². The maximum absolute atomic E-state index is 12.1. The summed E-state index contributed by atoms with van der Waals surface area (Å²) >= 11 is 0. The van der Waals surface area contributed by atoms with Crippen LogP contribution in [0.3, 0.4) is 0 Å². The number of sulfonamides is 1. The van der Waals surface area contributed by atoms with Crippen LogP contribution in [-0.2, 0) is 19.6 Å². The fourth-order valence-electron chi connectivity index (χ4n) is 1.68. The molecule has 9 heteroatoms. The lowest BCUT2D eigenvalue weighted by Gasteiger charge is -2.15. The maximum atomic E-state index is 12.1. The summed E-state index contributed by atoms with van der Waals surface area (Å²) in [6.07, 6.45) is 1.26. The van der Waals surface area contributed by atoms with Gasteiger partial charge in [0.05, 0.1) is 7.11 Å². The van der Waals surface area contributed by atoms with E-state index in [9.17, 15) is 18.0 Å². The molecule has 0 fully saturated rings. The van der Waals surface area contributed by atoms with Crippen LogP contribution in [0.4, 0.5) is 0 Å². The Hall–Kier alpha value is -1.87. The van der Waals surface area contributed by atoms with Crippen LogP contribution in [0, 0.1) is 5.92 Å².